The molecular weight excluding hydrogens is 322 g/mol. The van der Waals surface area contributed by atoms with Gasteiger partial charge in [0.2, 0.25) is 17.4 Å². The maximum atomic E-state index is 12.3. The lowest BCUT2D eigenvalue weighted by atomic mass is 10.1. The van der Waals surface area contributed by atoms with Gasteiger partial charge < -0.3 is 14.3 Å². The van der Waals surface area contributed by atoms with Crippen molar-refractivity contribution in [1.29, 1.82) is 0 Å². The fourth-order valence-corrected chi connectivity index (χ4v) is 2.28. The third-order valence-corrected chi connectivity index (χ3v) is 3.39. The van der Waals surface area contributed by atoms with Crippen LogP contribution < -0.4 is 10.1 Å². The summed E-state index contributed by atoms with van der Waals surface area (Å²) in [6.45, 7) is 1.19. The van der Waals surface area contributed by atoms with E-state index in [1.54, 1.807) is 54.6 Å². The fraction of sp³-hybridized carbons (Fsp3) is 0.0526. The molecule has 126 valence electrons. The number of nitrogens with one attached hydrogen (secondary N) is 1. The molecule has 0 spiro atoms. The molecule has 0 unspecified atom stereocenters. The summed E-state index contributed by atoms with van der Waals surface area (Å²) in [5.74, 6) is -1.73. The van der Waals surface area contributed by atoms with Crippen molar-refractivity contribution in [2.75, 3.05) is 5.32 Å². The van der Waals surface area contributed by atoms with Gasteiger partial charge in [-0.15, -0.1) is 0 Å². The quantitative estimate of drug-likeness (QED) is 0.706. The van der Waals surface area contributed by atoms with Crippen LogP contribution >= 0.6 is 0 Å². The molecule has 0 fully saturated rings. The van der Waals surface area contributed by atoms with E-state index in [1.165, 1.54) is 6.92 Å². The van der Waals surface area contributed by atoms with E-state index < -0.39 is 11.9 Å². The van der Waals surface area contributed by atoms with E-state index >= 15 is 0 Å². The number of carbonyl (C=O) groups is 2. The molecule has 3 rings (SSSR count). The summed E-state index contributed by atoms with van der Waals surface area (Å²) in [5, 5.41) is 12.9. The van der Waals surface area contributed by atoms with E-state index in [4.69, 9.17) is 9.15 Å². The van der Waals surface area contributed by atoms with Crippen molar-refractivity contribution in [3.8, 4) is 22.8 Å². The van der Waals surface area contributed by atoms with E-state index in [2.05, 4.69) is 5.32 Å². The van der Waals surface area contributed by atoms with Gasteiger partial charge in [-0.3, -0.25) is 14.9 Å². The fourth-order valence-electron chi connectivity index (χ4n) is 2.28. The maximum absolute atomic E-state index is 12.3. The van der Waals surface area contributed by atoms with Gasteiger partial charge >= 0.3 is 5.97 Å². The summed E-state index contributed by atoms with van der Waals surface area (Å²) in [5.41, 5.74) is 0.974. The minimum Gasteiger partial charge on any atom is -0.502 e. The minimum absolute atomic E-state index is 0.0974. The van der Waals surface area contributed by atoms with Gasteiger partial charge in [-0.2, -0.15) is 0 Å². The van der Waals surface area contributed by atoms with Crippen LogP contribution in [-0.2, 0) is 4.79 Å². The van der Waals surface area contributed by atoms with E-state index in [9.17, 15) is 14.7 Å². The first-order valence-corrected chi connectivity index (χ1v) is 7.52. The number of anilines is 1. The first-order valence-electron chi connectivity index (χ1n) is 7.52. The number of benzene rings is 2. The zero-order chi connectivity index (χ0) is 17.8. The summed E-state index contributed by atoms with van der Waals surface area (Å²) >= 11 is 0. The third kappa shape index (κ3) is 3.53. The molecule has 2 aromatic carbocycles. The Morgan fingerprint density at radius 1 is 1.00 bits per heavy atom. The number of hydrogen-bond donors (Lipinski definition) is 2. The number of ether oxygens (including phenoxy) is 1. The normalized spacial score (nSPS) is 10.3. The van der Waals surface area contributed by atoms with Gasteiger partial charge in [0.05, 0.1) is 0 Å². The highest BCUT2D eigenvalue weighted by Gasteiger charge is 2.25. The largest absolute Gasteiger partial charge is 0.502 e. The van der Waals surface area contributed by atoms with Crippen LogP contribution in [0.1, 0.15) is 17.3 Å². The molecule has 0 aliphatic carbocycles. The lowest BCUT2D eigenvalue weighted by Gasteiger charge is -2.04. The summed E-state index contributed by atoms with van der Waals surface area (Å²) in [6.07, 6.45) is 0. The summed E-state index contributed by atoms with van der Waals surface area (Å²) in [4.78, 5) is 23.6. The van der Waals surface area contributed by atoms with E-state index in [0.717, 1.165) is 0 Å². The second kappa shape index (κ2) is 6.92. The van der Waals surface area contributed by atoms with E-state index in [1.807, 2.05) is 6.07 Å². The molecular formula is C19H15NO5. The first kappa shape index (κ1) is 16.3. The molecule has 0 bridgehead atoms. The Kier molecular flexibility index (Phi) is 4.52. The van der Waals surface area contributed by atoms with Crippen molar-refractivity contribution in [1.82, 2.24) is 0 Å². The summed E-state index contributed by atoms with van der Waals surface area (Å²) < 4.78 is 10.6. The van der Waals surface area contributed by atoms with Crippen molar-refractivity contribution in [3.63, 3.8) is 0 Å². The molecule has 6 heteroatoms. The van der Waals surface area contributed by atoms with Crippen molar-refractivity contribution in [2.24, 2.45) is 0 Å². The number of rotatable bonds is 4. The van der Waals surface area contributed by atoms with Crippen molar-refractivity contribution < 1.29 is 23.8 Å². The molecule has 6 nitrogen and oxygen atoms in total. The Labute approximate surface area is 143 Å². The first-order chi connectivity index (χ1) is 12.1. The summed E-state index contributed by atoms with van der Waals surface area (Å²) in [6, 6.07) is 17.3. The van der Waals surface area contributed by atoms with Crippen LogP contribution in [0.15, 0.2) is 65.1 Å². The second-order valence-electron chi connectivity index (χ2n) is 5.22. The predicted octanol–water partition coefficient (Wildman–Crippen LogP) is 3.83. The van der Waals surface area contributed by atoms with Crippen molar-refractivity contribution in [3.05, 3.63) is 66.2 Å². The molecule has 0 atom stereocenters. The molecule has 2 N–H and O–H groups in total. The van der Waals surface area contributed by atoms with Gasteiger partial charge in [-0.05, 0) is 12.1 Å². The highest BCUT2D eigenvalue weighted by Crippen LogP contribution is 2.46. The lowest BCUT2D eigenvalue weighted by Crippen LogP contribution is -2.12. The number of amides is 1. The van der Waals surface area contributed by atoms with Crippen LogP contribution in [0.2, 0.25) is 0 Å². The summed E-state index contributed by atoms with van der Waals surface area (Å²) in [7, 11) is 0. The van der Waals surface area contributed by atoms with Crippen LogP contribution in [0.4, 0.5) is 5.88 Å². The number of carbonyl (C=O) groups excluding carboxylic acids is 2. The third-order valence-electron chi connectivity index (χ3n) is 3.39. The zero-order valence-corrected chi connectivity index (χ0v) is 13.4. The zero-order valence-electron chi connectivity index (χ0n) is 13.4. The molecule has 0 saturated heterocycles. The van der Waals surface area contributed by atoms with E-state index in [0.29, 0.717) is 11.1 Å². The van der Waals surface area contributed by atoms with Crippen molar-refractivity contribution in [2.45, 2.75) is 6.92 Å². The Hall–Kier alpha value is -3.54. The standard InChI is InChI=1S/C19H15NO5/c1-12(21)24-17-15(22)16(13-8-4-2-5-9-13)25-19(17)20-18(23)14-10-6-3-7-11-14/h2-11,22H,1H3,(H,20,23). The molecule has 0 radical (unpaired) electrons. The van der Waals surface area contributed by atoms with Gasteiger partial charge in [0.1, 0.15) is 0 Å². The van der Waals surface area contributed by atoms with Gasteiger partial charge in [0.15, 0.2) is 5.76 Å². The molecule has 1 amide bonds. The second-order valence-corrected chi connectivity index (χ2v) is 5.22. The maximum Gasteiger partial charge on any atom is 0.308 e. The van der Waals surface area contributed by atoms with Crippen LogP contribution in [0.5, 0.6) is 11.5 Å². The van der Waals surface area contributed by atoms with Crippen LogP contribution in [0.25, 0.3) is 11.3 Å². The number of esters is 1. The monoisotopic (exact) mass is 337 g/mol. The van der Waals surface area contributed by atoms with Crippen LogP contribution in [0, 0.1) is 0 Å². The molecule has 0 saturated carbocycles. The van der Waals surface area contributed by atoms with Crippen LogP contribution in [-0.4, -0.2) is 17.0 Å². The predicted molar refractivity (Wildman–Crippen MR) is 91.5 cm³/mol. The number of hydrogen-bond acceptors (Lipinski definition) is 5. The molecule has 0 aliphatic rings. The van der Waals surface area contributed by atoms with Gasteiger partial charge in [-0.25, -0.2) is 0 Å². The minimum atomic E-state index is -0.647. The number of furan rings is 1. The number of aromatic hydroxyl groups is 1. The van der Waals surface area contributed by atoms with Crippen molar-refractivity contribution >= 4 is 17.8 Å². The topological polar surface area (TPSA) is 88.8 Å². The Balaban J connectivity index is 2.00. The Morgan fingerprint density at radius 2 is 1.60 bits per heavy atom. The smallest absolute Gasteiger partial charge is 0.308 e. The van der Waals surface area contributed by atoms with E-state index in [-0.39, 0.29) is 23.1 Å². The Morgan fingerprint density at radius 3 is 2.20 bits per heavy atom. The molecule has 1 heterocycles. The van der Waals surface area contributed by atoms with Gasteiger partial charge in [0, 0.05) is 18.1 Å². The molecule has 3 aromatic rings. The molecule has 1 aromatic heterocycles. The van der Waals surface area contributed by atoms with Gasteiger partial charge in [0.25, 0.3) is 5.91 Å². The molecule has 0 aliphatic heterocycles. The average molecular weight is 337 g/mol. The highest BCUT2D eigenvalue weighted by molar-refractivity contribution is 6.05. The Bertz CT molecular complexity index is 900. The SMILES string of the molecule is CC(=O)Oc1c(NC(=O)c2ccccc2)oc(-c2ccccc2)c1O. The highest BCUT2D eigenvalue weighted by atomic mass is 16.6. The van der Waals surface area contributed by atoms with Gasteiger partial charge in [-0.1, -0.05) is 48.5 Å². The molecule has 25 heavy (non-hydrogen) atoms. The van der Waals surface area contributed by atoms with Crippen LogP contribution in [0.3, 0.4) is 0 Å². The lowest BCUT2D eigenvalue weighted by molar-refractivity contribution is -0.132. The average Bonchev–Trinajstić information content (AvgIpc) is 2.92.